The predicted molar refractivity (Wildman–Crippen MR) is 90.7 cm³/mol. The van der Waals surface area contributed by atoms with Crippen LogP contribution in [0.25, 0.3) is 5.69 Å². The SMILES string of the molecule is Cc1c(C(=O)NC(CO)CC(C)(C)C)cnn1-c1ccccc1F. The predicted octanol–water partition coefficient (Wildman–Crippen LogP) is 2.85. The zero-order chi connectivity index (χ0) is 17.9. The second-order valence-corrected chi connectivity index (χ2v) is 7.12. The fourth-order valence-electron chi connectivity index (χ4n) is 2.66. The van der Waals surface area contributed by atoms with Gasteiger partial charge in [-0.15, -0.1) is 0 Å². The van der Waals surface area contributed by atoms with Gasteiger partial charge in [0, 0.05) is 0 Å². The van der Waals surface area contributed by atoms with Crippen LogP contribution in [0, 0.1) is 18.2 Å². The number of aliphatic hydroxyl groups excluding tert-OH is 1. The molecule has 0 fully saturated rings. The number of hydrogen-bond donors (Lipinski definition) is 2. The number of hydrogen-bond acceptors (Lipinski definition) is 3. The Kier molecular flexibility index (Phi) is 5.39. The first-order chi connectivity index (χ1) is 11.2. The molecule has 0 spiro atoms. The van der Waals surface area contributed by atoms with Gasteiger partial charge in [-0.05, 0) is 30.9 Å². The van der Waals surface area contributed by atoms with Crippen molar-refractivity contribution < 1.29 is 14.3 Å². The highest BCUT2D eigenvalue weighted by Crippen LogP contribution is 2.21. The Hall–Kier alpha value is -2.21. The van der Waals surface area contributed by atoms with Crippen LogP contribution in [0.15, 0.2) is 30.5 Å². The number of aromatic nitrogens is 2. The van der Waals surface area contributed by atoms with Crippen molar-refractivity contribution in [2.45, 2.75) is 40.2 Å². The molecule has 5 nitrogen and oxygen atoms in total. The van der Waals surface area contributed by atoms with Gasteiger partial charge in [0.2, 0.25) is 0 Å². The Morgan fingerprint density at radius 3 is 2.62 bits per heavy atom. The van der Waals surface area contributed by atoms with E-state index in [0.717, 1.165) is 0 Å². The van der Waals surface area contributed by atoms with Crippen LogP contribution in [0.1, 0.15) is 43.2 Å². The van der Waals surface area contributed by atoms with E-state index in [9.17, 15) is 14.3 Å². The number of para-hydroxylation sites is 1. The van der Waals surface area contributed by atoms with E-state index >= 15 is 0 Å². The van der Waals surface area contributed by atoms with Gasteiger partial charge >= 0.3 is 0 Å². The lowest BCUT2D eigenvalue weighted by atomic mass is 9.88. The lowest BCUT2D eigenvalue weighted by Crippen LogP contribution is -2.40. The zero-order valence-corrected chi connectivity index (χ0v) is 14.5. The number of nitrogens with zero attached hydrogens (tertiary/aromatic N) is 2. The van der Waals surface area contributed by atoms with Gasteiger partial charge in [-0.25, -0.2) is 9.07 Å². The highest BCUT2D eigenvalue weighted by Gasteiger charge is 2.23. The minimum absolute atomic E-state index is 0.0208. The van der Waals surface area contributed by atoms with Crippen LogP contribution in [0.5, 0.6) is 0 Å². The number of aliphatic hydroxyl groups is 1. The molecule has 0 aliphatic heterocycles. The van der Waals surface area contributed by atoms with Crippen molar-refractivity contribution >= 4 is 5.91 Å². The molecule has 0 aliphatic rings. The quantitative estimate of drug-likeness (QED) is 0.884. The van der Waals surface area contributed by atoms with Gasteiger partial charge in [0.15, 0.2) is 0 Å². The van der Waals surface area contributed by atoms with Crippen LogP contribution >= 0.6 is 0 Å². The van der Waals surface area contributed by atoms with Crippen molar-refractivity contribution in [3.8, 4) is 5.69 Å². The molecule has 2 N–H and O–H groups in total. The molecular formula is C18H24FN3O2. The normalized spacial score (nSPS) is 12.9. The van der Waals surface area contributed by atoms with Gasteiger partial charge in [0.1, 0.15) is 11.5 Å². The van der Waals surface area contributed by atoms with Crippen LogP contribution in [0.3, 0.4) is 0 Å². The molecule has 0 saturated heterocycles. The topological polar surface area (TPSA) is 67.2 Å². The Labute approximate surface area is 141 Å². The largest absolute Gasteiger partial charge is 0.394 e. The van der Waals surface area contributed by atoms with E-state index in [2.05, 4.69) is 10.4 Å². The number of amides is 1. The third-order valence-corrected chi connectivity index (χ3v) is 3.75. The van der Waals surface area contributed by atoms with Crippen LogP contribution in [-0.2, 0) is 0 Å². The molecular weight excluding hydrogens is 309 g/mol. The molecule has 130 valence electrons. The molecule has 0 saturated carbocycles. The lowest BCUT2D eigenvalue weighted by Gasteiger charge is -2.25. The summed E-state index contributed by atoms with van der Waals surface area (Å²) in [4.78, 5) is 12.5. The third-order valence-electron chi connectivity index (χ3n) is 3.75. The highest BCUT2D eigenvalue weighted by molar-refractivity contribution is 5.95. The van der Waals surface area contributed by atoms with Crippen molar-refractivity contribution in [3.05, 3.63) is 47.5 Å². The molecule has 0 radical (unpaired) electrons. The number of carbonyl (C=O) groups excluding carboxylic acids is 1. The Balaban J connectivity index is 2.21. The van der Waals surface area contributed by atoms with Crippen LogP contribution in [-0.4, -0.2) is 33.4 Å². The number of benzene rings is 1. The van der Waals surface area contributed by atoms with Gasteiger partial charge in [-0.3, -0.25) is 4.79 Å². The summed E-state index contributed by atoms with van der Waals surface area (Å²) in [5, 5.41) is 16.4. The average Bonchev–Trinajstić information content (AvgIpc) is 2.87. The fraction of sp³-hybridized carbons (Fsp3) is 0.444. The van der Waals surface area contributed by atoms with E-state index in [1.54, 1.807) is 25.1 Å². The van der Waals surface area contributed by atoms with E-state index < -0.39 is 5.82 Å². The first kappa shape index (κ1) is 18.1. The van der Waals surface area contributed by atoms with Crippen molar-refractivity contribution in [1.82, 2.24) is 15.1 Å². The second kappa shape index (κ2) is 7.13. The summed E-state index contributed by atoms with van der Waals surface area (Å²) in [7, 11) is 0. The second-order valence-electron chi connectivity index (χ2n) is 7.12. The van der Waals surface area contributed by atoms with Crippen molar-refractivity contribution in [2.75, 3.05) is 6.61 Å². The summed E-state index contributed by atoms with van der Waals surface area (Å²) in [5.74, 6) is -0.727. The maximum Gasteiger partial charge on any atom is 0.255 e. The Bertz CT molecular complexity index is 719. The van der Waals surface area contributed by atoms with E-state index in [4.69, 9.17) is 0 Å². The average molecular weight is 333 g/mol. The monoisotopic (exact) mass is 333 g/mol. The molecule has 1 aromatic carbocycles. The number of carbonyl (C=O) groups is 1. The summed E-state index contributed by atoms with van der Waals surface area (Å²) in [6, 6.07) is 5.93. The number of rotatable bonds is 5. The standard InChI is InChI=1S/C18H24FN3O2/c1-12-14(17(24)21-13(11-23)9-18(2,3)4)10-20-22(12)16-8-6-5-7-15(16)19/h5-8,10,13,23H,9,11H2,1-4H3,(H,21,24). The van der Waals surface area contributed by atoms with Gasteiger partial charge in [-0.1, -0.05) is 32.9 Å². The summed E-state index contributed by atoms with van der Waals surface area (Å²) in [6.07, 6.45) is 2.07. The Morgan fingerprint density at radius 1 is 1.38 bits per heavy atom. The van der Waals surface area contributed by atoms with Gasteiger partial charge in [-0.2, -0.15) is 5.10 Å². The molecule has 24 heavy (non-hydrogen) atoms. The molecule has 0 aliphatic carbocycles. The van der Waals surface area contributed by atoms with E-state index in [-0.39, 0.29) is 24.0 Å². The molecule has 1 aromatic heterocycles. The molecule has 2 rings (SSSR count). The highest BCUT2D eigenvalue weighted by atomic mass is 19.1. The first-order valence-corrected chi connectivity index (χ1v) is 7.94. The molecule has 1 heterocycles. The van der Waals surface area contributed by atoms with Crippen molar-refractivity contribution in [3.63, 3.8) is 0 Å². The van der Waals surface area contributed by atoms with Gasteiger partial charge in [0.05, 0.1) is 30.1 Å². The van der Waals surface area contributed by atoms with E-state index in [0.29, 0.717) is 23.4 Å². The minimum Gasteiger partial charge on any atom is -0.394 e. The van der Waals surface area contributed by atoms with E-state index in [1.807, 2.05) is 20.8 Å². The number of halogens is 1. The van der Waals surface area contributed by atoms with Crippen molar-refractivity contribution in [1.29, 1.82) is 0 Å². The maximum absolute atomic E-state index is 13.9. The van der Waals surface area contributed by atoms with Crippen LogP contribution < -0.4 is 5.32 Å². The zero-order valence-electron chi connectivity index (χ0n) is 14.5. The first-order valence-electron chi connectivity index (χ1n) is 7.94. The Morgan fingerprint density at radius 2 is 2.04 bits per heavy atom. The molecule has 6 heteroatoms. The molecule has 0 bridgehead atoms. The smallest absolute Gasteiger partial charge is 0.255 e. The van der Waals surface area contributed by atoms with Crippen LogP contribution in [0.2, 0.25) is 0 Å². The van der Waals surface area contributed by atoms with E-state index in [1.165, 1.54) is 16.9 Å². The molecule has 1 atom stereocenters. The summed E-state index contributed by atoms with van der Waals surface area (Å²) < 4.78 is 15.3. The van der Waals surface area contributed by atoms with Crippen molar-refractivity contribution in [2.24, 2.45) is 5.41 Å². The molecule has 1 unspecified atom stereocenters. The maximum atomic E-state index is 13.9. The summed E-state index contributed by atoms with van der Waals surface area (Å²) >= 11 is 0. The minimum atomic E-state index is -0.406. The summed E-state index contributed by atoms with van der Waals surface area (Å²) in [6.45, 7) is 7.71. The van der Waals surface area contributed by atoms with Gasteiger partial charge in [0.25, 0.3) is 5.91 Å². The number of nitrogens with one attached hydrogen (secondary N) is 1. The molecule has 2 aromatic rings. The van der Waals surface area contributed by atoms with Gasteiger partial charge < -0.3 is 10.4 Å². The fourth-order valence-corrected chi connectivity index (χ4v) is 2.66. The van der Waals surface area contributed by atoms with Crippen LogP contribution in [0.4, 0.5) is 4.39 Å². The lowest BCUT2D eigenvalue weighted by molar-refractivity contribution is 0.0897. The molecule has 1 amide bonds. The third kappa shape index (κ3) is 4.20. The summed E-state index contributed by atoms with van der Waals surface area (Å²) in [5.41, 5.74) is 1.19.